The van der Waals surface area contributed by atoms with E-state index in [1.807, 2.05) is 0 Å². The lowest BCUT2D eigenvalue weighted by Gasteiger charge is -2.26. The van der Waals surface area contributed by atoms with Crippen LogP contribution in [-0.2, 0) is 26.8 Å². The number of nitrogens with one attached hydrogen (secondary N) is 2. The van der Waals surface area contributed by atoms with E-state index in [0.29, 0.717) is 17.4 Å². The van der Waals surface area contributed by atoms with Crippen LogP contribution in [0, 0.1) is 6.92 Å². The van der Waals surface area contributed by atoms with E-state index in [9.17, 15) is 13.2 Å². The Morgan fingerprint density at radius 2 is 1.93 bits per heavy atom. The number of nitrogens with zero attached hydrogens (tertiary/aromatic N) is 2. The van der Waals surface area contributed by atoms with E-state index in [2.05, 4.69) is 20.2 Å². The number of hydrogen-bond acceptors (Lipinski definition) is 7. The number of hydrogen-bond donors (Lipinski definition) is 2. The summed E-state index contributed by atoms with van der Waals surface area (Å²) in [5, 5.41) is 8.85. The van der Waals surface area contributed by atoms with Gasteiger partial charge in [-0.25, -0.2) is 8.42 Å². The van der Waals surface area contributed by atoms with Crippen molar-refractivity contribution in [2.75, 3.05) is 4.72 Å². The van der Waals surface area contributed by atoms with Crippen LogP contribution in [0.15, 0.2) is 50.5 Å². The third kappa shape index (κ3) is 4.39. The van der Waals surface area contributed by atoms with Crippen molar-refractivity contribution in [2.45, 2.75) is 48.8 Å². The van der Waals surface area contributed by atoms with E-state index in [1.54, 1.807) is 48.7 Å². The Balaban J connectivity index is 1.41. The van der Waals surface area contributed by atoms with Gasteiger partial charge in [0.25, 0.3) is 10.0 Å². The zero-order valence-electron chi connectivity index (χ0n) is 16.4. The molecule has 1 amide bonds. The number of amides is 1. The van der Waals surface area contributed by atoms with Crippen molar-refractivity contribution in [3.05, 3.63) is 59.1 Å². The molecule has 158 valence electrons. The van der Waals surface area contributed by atoms with E-state index < -0.39 is 15.6 Å². The van der Waals surface area contributed by atoms with Gasteiger partial charge in [-0.15, -0.1) is 11.3 Å². The number of carbonyl (C=O) groups excluding carboxylic acids is 1. The summed E-state index contributed by atoms with van der Waals surface area (Å²) in [4.78, 5) is 17.1. The highest BCUT2D eigenvalue weighted by Crippen LogP contribution is 2.37. The van der Waals surface area contributed by atoms with Gasteiger partial charge in [-0.2, -0.15) is 4.98 Å². The van der Waals surface area contributed by atoms with E-state index in [0.717, 1.165) is 42.6 Å². The van der Waals surface area contributed by atoms with Crippen LogP contribution in [-0.4, -0.2) is 24.5 Å². The highest BCUT2D eigenvalue weighted by Gasteiger charge is 2.41. The first-order valence-electron chi connectivity index (χ1n) is 9.63. The molecule has 1 aliphatic rings. The number of benzene rings is 1. The molecule has 1 saturated carbocycles. The minimum absolute atomic E-state index is 0.133. The lowest BCUT2D eigenvalue weighted by atomic mass is 9.96. The van der Waals surface area contributed by atoms with Crippen molar-refractivity contribution in [3.8, 4) is 0 Å². The highest BCUT2D eigenvalue weighted by molar-refractivity contribution is 7.94. The van der Waals surface area contributed by atoms with E-state index in [-0.39, 0.29) is 16.5 Å². The standard InChI is InChI=1S/C20H22N4O4S2/c1-14-21-19(23-28-14)20(10-2-3-11-20)22-17(25)13-15-6-8-16(9-7-15)24-30(26,27)18-5-4-12-29-18/h4-9,12,24H,2-3,10-11,13H2,1H3,(H,22,25). The Bertz CT molecular complexity index is 1120. The summed E-state index contributed by atoms with van der Waals surface area (Å²) in [6, 6.07) is 10.0. The maximum absolute atomic E-state index is 12.7. The summed E-state index contributed by atoms with van der Waals surface area (Å²) in [5.74, 6) is 0.876. The summed E-state index contributed by atoms with van der Waals surface area (Å²) >= 11 is 1.15. The van der Waals surface area contributed by atoms with Gasteiger partial charge in [-0.3, -0.25) is 9.52 Å². The maximum atomic E-state index is 12.7. The zero-order chi connectivity index (χ0) is 21.2. The fourth-order valence-corrected chi connectivity index (χ4v) is 5.74. The van der Waals surface area contributed by atoms with Crippen molar-refractivity contribution in [2.24, 2.45) is 0 Å². The van der Waals surface area contributed by atoms with Crippen LogP contribution in [0.2, 0.25) is 0 Å². The van der Waals surface area contributed by atoms with Gasteiger partial charge in [-0.1, -0.05) is 36.2 Å². The number of rotatable bonds is 7. The average Bonchev–Trinajstić information content (AvgIpc) is 3.45. The molecule has 1 aliphatic carbocycles. The lowest BCUT2D eigenvalue weighted by molar-refractivity contribution is -0.122. The second-order valence-corrected chi connectivity index (χ2v) is 10.2. The molecule has 2 N–H and O–H groups in total. The number of aryl methyl sites for hydroxylation is 1. The first kappa shape index (κ1) is 20.5. The fourth-order valence-electron chi connectivity index (χ4n) is 3.69. The minimum Gasteiger partial charge on any atom is -0.343 e. The van der Waals surface area contributed by atoms with Crippen molar-refractivity contribution in [1.82, 2.24) is 15.5 Å². The van der Waals surface area contributed by atoms with Crippen LogP contribution in [0.4, 0.5) is 5.69 Å². The molecule has 2 heterocycles. The Labute approximate surface area is 178 Å². The summed E-state index contributed by atoms with van der Waals surface area (Å²) < 4.78 is 32.5. The van der Waals surface area contributed by atoms with Crippen molar-refractivity contribution >= 4 is 33.0 Å². The Hall–Kier alpha value is -2.72. The zero-order valence-corrected chi connectivity index (χ0v) is 18.1. The molecule has 3 aromatic rings. The molecular weight excluding hydrogens is 424 g/mol. The van der Waals surface area contributed by atoms with Gasteiger partial charge in [0.15, 0.2) is 5.82 Å². The molecule has 0 saturated heterocycles. The Morgan fingerprint density at radius 1 is 1.20 bits per heavy atom. The quantitative estimate of drug-likeness (QED) is 0.575. The van der Waals surface area contributed by atoms with Gasteiger partial charge in [0, 0.05) is 12.6 Å². The Morgan fingerprint density at radius 3 is 2.53 bits per heavy atom. The third-order valence-corrected chi connectivity index (χ3v) is 7.90. The molecule has 0 radical (unpaired) electrons. The van der Waals surface area contributed by atoms with Gasteiger partial charge in [-0.05, 0) is 42.0 Å². The molecule has 0 unspecified atom stereocenters. The molecule has 30 heavy (non-hydrogen) atoms. The largest absolute Gasteiger partial charge is 0.343 e. The number of sulfonamides is 1. The van der Waals surface area contributed by atoms with Crippen molar-refractivity contribution in [1.29, 1.82) is 0 Å². The van der Waals surface area contributed by atoms with Crippen LogP contribution in [0.5, 0.6) is 0 Å². The topological polar surface area (TPSA) is 114 Å². The summed E-state index contributed by atoms with van der Waals surface area (Å²) in [5.41, 5.74) is 0.650. The third-order valence-electron chi connectivity index (χ3n) is 5.12. The monoisotopic (exact) mass is 446 g/mol. The minimum atomic E-state index is -3.59. The van der Waals surface area contributed by atoms with Crippen LogP contribution in [0.1, 0.15) is 43.0 Å². The average molecular weight is 447 g/mol. The molecule has 2 aromatic heterocycles. The van der Waals surface area contributed by atoms with Crippen LogP contribution >= 0.6 is 11.3 Å². The summed E-state index contributed by atoms with van der Waals surface area (Å²) in [7, 11) is -3.59. The highest BCUT2D eigenvalue weighted by atomic mass is 32.2. The summed E-state index contributed by atoms with van der Waals surface area (Å²) in [6.07, 6.45) is 3.72. The first-order chi connectivity index (χ1) is 14.4. The van der Waals surface area contributed by atoms with Crippen molar-refractivity contribution in [3.63, 3.8) is 0 Å². The van der Waals surface area contributed by atoms with E-state index in [1.165, 1.54) is 0 Å². The van der Waals surface area contributed by atoms with Crippen molar-refractivity contribution < 1.29 is 17.7 Å². The molecule has 1 fully saturated rings. The maximum Gasteiger partial charge on any atom is 0.271 e. The lowest BCUT2D eigenvalue weighted by Crippen LogP contribution is -2.45. The number of thiophene rings is 1. The second-order valence-electron chi connectivity index (χ2n) is 7.39. The van der Waals surface area contributed by atoms with Crippen LogP contribution < -0.4 is 10.0 Å². The molecule has 0 bridgehead atoms. The number of aromatic nitrogens is 2. The Kier molecular flexibility index (Phi) is 5.61. The van der Waals surface area contributed by atoms with Gasteiger partial charge in [0.05, 0.1) is 6.42 Å². The molecule has 8 nitrogen and oxygen atoms in total. The second kappa shape index (κ2) is 8.19. The normalized spacial score (nSPS) is 15.8. The molecule has 0 aliphatic heterocycles. The molecule has 0 spiro atoms. The fraction of sp³-hybridized carbons (Fsp3) is 0.350. The van der Waals surface area contributed by atoms with Gasteiger partial charge >= 0.3 is 0 Å². The molecule has 10 heteroatoms. The SMILES string of the molecule is Cc1nc(C2(NC(=O)Cc3ccc(NS(=O)(=O)c4cccs4)cc3)CCCC2)no1. The predicted molar refractivity (Wildman–Crippen MR) is 113 cm³/mol. The van der Waals surface area contributed by atoms with Gasteiger partial charge in [0.2, 0.25) is 11.8 Å². The first-order valence-corrected chi connectivity index (χ1v) is 12.0. The molecule has 4 rings (SSSR count). The van der Waals surface area contributed by atoms with Crippen LogP contribution in [0.25, 0.3) is 0 Å². The smallest absolute Gasteiger partial charge is 0.271 e. The van der Waals surface area contributed by atoms with E-state index >= 15 is 0 Å². The summed E-state index contributed by atoms with van der Waals surface area (Å²) in [6.45, 7) is 1.73. The van der Waals surface area contributed by atoms with Gasteiger partial charge in [0.1, 0.15) is 9.75 Å². The molecule has 0 atom stereocenters. The number of carbonyl (C=O) groups is 1. The number of anilines is 1. The molecular formula is C20H22N4O4S2. The van der Waals surface area contributed by atoms with Crippen LogP contribution in [0.3, 0.4) is 0 Å². The van der Waals surface area contributed by atoms with Gasteiger partial charge < -0.3 is 9.84 Å². The predicted octanol–water partition coefficient (Wildman–Crippen LogP) is 3.37. The van der Waals surface area contributed by atoms with E-state index in [4.69, 9.17) is 4.52 Å². The molecule has 1 aromatic carbocycles.